The first kappa shape index (κ1) is 10.8. The van der Waals surface area contributed by atoms with Crippen molar-refractivity contribution in [3.63, 3.8) is 0 Å². The molecule has 0 saturated carbocycles. The molecule has 14 heavy (non-hydrogen) atoms. The Balaban J connectivity index is 2.73. The van der Waals surface area contributed by atoms with Crippen molar-refractivity contribution in [1.82, 2.24) is 0 Å². The Labute approximate surface area is 88.4 Å². The number of thiol groups is 1. The van der Waals surface area contributed by atoms with Crippen molar-refractivity contribution in [3.05, 3.63) is 35.9 Å². The van der Waals surface area contributed by atoms with Gasteiger partial charge in [0, 0.05) is 6.42 Å². The van der Waals surface area contributed by atoms with Gasteiger partial charge in [-0.15, -0.1) is 0 Å². The van der Waals surface area contributed by atoms with Crippen molar-refractivity contribution in [2.75, 3.05) is 7.11 Å². The molecule has 1 aromatic rings. The quantitative estimate of drug-likeness (QED) is 0.467. The van der Waals surface area contributed by atoms with Gasteiger partial charge in [-0.3, -0.25) is 0 Å². The van der Waals surface area contributed by atoms with Crippen molar-refractivity contribution in [2.45, 2.75) is 6.42 Å². The predicted molar refractivity (Wildman–Crippen MR) is 58.6 cm³/mol. The molecule has 1 aromatic carbocycles. The van der Waals surface area contributed by atoms with E-state index in [0.29, 0.717) is 12.1 Å². The van der Waals surface area contributed by atoms with E-state index in [1.165, 1.54) is 7.11 Å². The average molecular weight is 209 g/mol. The monoisotopic (exact) mass is 209 g/mol. The molecule has 0 spiro atoms. The molecule has 74 valence electrons. The minimum atomic E-state index is -0.441. The smallest absolute Gasteiger partial charge is 0.353 e. The Bertz CT molecular complexity index is 335. The molecule has 0 aromatic heterocycles. The van der Waals surface area contributed by atoms with E-state index in [4.69, 9.17) is 0 Å². The highest BCUT2D eigenvalue weighted by Gasteiger charge is 2.11. The second kappa shape index (κ2) is 5.44. The minimum Gasteiger partial charge on any atom is -0.465 e. The Morgan fingerprint density at radius 2 is 2.07 bits per heavy atom. The molecule has 0 aliphatic rings. The number of carbonyl (C=O) groups is 1. The number of esters is 1. The highest BCUT2D eigenvalue weighted by atomic mass is 32.1. The fourth-order valence-corrected chi connectivity index (χ4v) is 1.21. The molecule has 0 amide bonds. The predicted octanol–water partition coefficient (Wildman–Crippen LogP) is 1.69. The van der Waals surface area contributed by atoms with E-state index < -0.39 is 5.97 Å². The van der Waals surface area contributed by atoms with Crippen LogP contribution in [0.4, 0.5) is 0 Å². The number of methoxy groups -OCH3 is 1. The molecule has 0 aliphatic heterocycles. The van der Waals surface area contributed by atoms with Gasteiger partial charge in [0.15, 0.2) is 0 Å². The summed E-state index contributed by atoms with van der Waals surface area (Å²) in [5.41, 5.74) is 1.31. The van der Waals surface area contributed by atoms with Crippen molar-refractivity contribution < 1.29 is 9.53 Å². The standard InChI is InChI=1S/C10H11NO2S/c1-13-10(12)9(11-14)7-8-5-3-2-4-6-8/h2-6,14H,7H2,1H3/b11-9-. The van der Waals surface area contributed by atoms with Crippen LogP contribution < -0.4 is 0 Å². The van der Waals surface area contributed by atoms with Crippen molar-refractivity contribution >= 4 is 24.5 Å². The summed E-state index contributed by atoms with van der Waals surface area (Å²) in [6, 6.07) is 9.56. The van der Waals surface area contributed by atoms with Gasteiger partial charge in [0.2, 0.25) is 0 Å². The number of ether oxygens (including phenoxy) is 1. The summed E-state index contributed by atoms with van der Waals surface area (Å²) in [5, 5.41) is 0. The van der Waals surface area contributed by atoms with Gasteiger partial charge < -0.3 is 4.74 Å². The molecule has 0 N–H and O–H groups in total. The molecular formula is C10H11NO2S. The maximum atomic E-state index is 11.1. The summed E-state index contributed by atoms with van der Waals surface area (Å²) in [4.78, 5) is 11.1. The zero-order chi connectivity index (χ0) is 10.4. The molecule has 0 radical (unpaired) electrons. The fourth-order valence-electron chi connectivity index (χ4n) is 1.06. The third-order valence-corrected chi connectivity index (χ3v) is 2.00. The zero-order valence-corrected chi connectivity index (χ0v) is 8.70. The van der Waals surface area contributed by atoms with Crippen LogP contribution in [0.2, 0.25) is 0 Å². The maximum absolute atomic E-state index is 11.1. The largest absolute Gasteiger partial charge is 0.465 e. The summed E-state index contributed by atoms with van der Waals surface area (Å²) in [6.45, 7) is 0. The first-order valence-corrected chi connectivity index (χ1v) is 4.51. The van der Waals surface area contributed by atoms with E-state index in [1.54, 1.807) is 0 Å². The zero-order valence-electron chi connectivity index (χ0n) is 7.80. The van der Waals surface area contributed by atoms with Crippen molar-refractivity contribution in [3.8, 4) is 0 Å². The highest BCUT2D eigenvalue weighted by Crippen LogP contribution is 2.02. The normalized spacial score (nSPS) is 11.1. The number of nitrogens with zero attached hydrogens (tertiary/aromatic N) is 1. The summed E-state index contributed by atoms with van der Waals surface area (Å²) < 4.78 is 8.15. The van der Waals surface area contributed by atoms with Gasteiger partial charge in [0.25, 0.3) is 0 Å². The number of hydrogen-bond acceptors (Lipinski definition) is 4. The lowest BCUT2D eigenvalue weighted by Crippen LogP contribution is -2.17. The lowest BCUT2D eigenvalue weighted by atomic mass is 10.1. The molecule has 0 aliphatic carbocycles. The third-order valence-electron chi connectivity index (χ3n) is 1.76. The average Bonchev–Trinajstić information content (AvgIpc) is 2.26. The van der Waals surface area contributed by atoms with Gasteiger partial charge in [-0.25, -0.2) is 9.19 Å². The third kappa shape index (κ3) is 2.88. The van der Waals surface area contributed by atoms with E-state index >= 15 is 0 Å². The van der Waals surface area contributed by atoms with Gasteiger partial charge in [-0.2, -0.15) is 0 Å². The van der Waals surface area contributed by atoms with Crippen LogP contribution in [-0.4, -0.2) is 18.8 Å². The molecule has 0 heterocycles. The molecule has 3 nitrogen and oxygen atoms in total. The second-order valence-electron chi connectivity index (χ2n) is 2.70. The van der Waals surface area contributed by atoms with Crippen LogP contribution in [-0.2, 0) is 16.0 Å². The molecule has 4 heteroatoms. The molecule has 1 rings (SSSR count). The van der Waals surface area contributed by atoms with Gasteiger partial charge >= 0.3 is 5.97 Å². The fraction of sp³-hybridized carbons (Fsp3) is 0.200. The summed E-state index contributed by atoms with van der Waals surface area (Å²) in [6.07, 6.45) is 0.441. The highest BCUT2D eigenvalue weighted by molar-refractivity contribution is 7.79. The first-order chi connectivity index (χ1) is 6.77. The van der Waals surface area contributed by atoms with Crippen LogP contribution in [0.15, 0.2) is 34.7 Å². The number of benzene rings is 1. The summed E-state index contributed by atoms with van der Waals surface area (Å²) in [7, 11) is 1.33. The Morgan fingerprint density at radius 1 is 1.43 bits per heavy atom. The number of carbonyl (C=O) groups excluding carboxylic acids is 1. The topological polar surface area (TPSA) is 38.7 Å². The van der Waals surface area contributed by atoms with E-state index in [9.17, 15) is 4.79 Å². The lowest BCUT2D eigenvalue weighted by Gasteiger charge is -2.02. The molecule has 0 bridgehead atoms. The van der Waals surface area contributed by atoms with Crippen molar-refractivity contribution in [2.24, 2.45) is 4.40 Å². The van der Waals surface area contributed by atoms with Gasteiger partial charge in [-0.05, 0) is 18.4 Å². The first-order valence-electron chi connectivity index (χ1n) is 4.11. The summed E-state index contributed by atoms with van der Waals surface area (Å²) >= 11 is 3.73. The van der Waals surface area contributed by atoms with E-state index in [-0.39, 0.29) is 0 Å². The second-order valence-corrected chi connectivity index (χ2v) is 2.90. The van der Waals surface area contributed by atoms with Crippen LogP contribution in [0.5, 0.6) is 0 Å². The molecule has 0 saturated heterocycles. The van der Waals surface area contributed by atoms with Crippen LogP contribution in [0, 0.1) is 0 Å². The molecular weight excluding hydrogens is 198 g/mol. The lowest BCUT2D eigenvalue weighted by molar-refractivity contribution is -0.132. The molecule has 0 unspecified atom stereocenters. The SMILES string of the molecule is COC(=O)/C(Cc1ccccc1)=N\S. The van der Waals surface area contributed by atoms with Crippen LogP contribution >= 0.6 is 12.8 Å². The van der Waals surface area contributed by atoms with Gasteiger partial charge in [0.05, 0.1) is 7.11 Å². The van der Waals surface area contributed by atoms with E-state index in [1.807, 2.05) is 30.3 Å². The Morgan fingerprint density at radius 3 is 2.57 bits per heavy atom. The van der Waals surface area contributed by atoms with Gasteiger partial charge in [0.1, 0.15) is 5.71 Å². The Hall–Kier alpha value is -1.29. The number of hydrogen-bond donors (Lipinski definition) is 1. The van der Waals surface area contributed by atoms with Gasteiger partial charge in [-0.1, -0.05) is 30.3 Å². The molecule has 0 atom stereocenters. The van der Waals surface area contributed by atoms with Crippen LogP contribution in [0.25, 0.3) is 0 Å². The number of rotatable bonds is 3. The summed E-state index contributed by atoms with van der Waals surface area (Å²) in [5.74, 6) is -0.441. The minimum absolute atomic E-state index is 0.307. The Kier molecular flexibility index (Phi) is 4.19. The van der Waals surface area contributed by atoms with Crippen LogP contribution in [0.3, 0.4) is 0 Å². The van der Waals surface area contributed by atoms with E-state index in [2.05, 4.69) is 21.9 Å². The van der Waals surface area contributed by atoms with Crippen LogP contribution in [0.1, 0.15) is 5.56 Å². The van der Waals surface area contributed by atoms with E-state index in [0.717, 1.165) is 5.56 Å². The molecule has 0 fully saturated rings. The maximum Gasteiger partial charge on any atom is 0.353 e. The van der Waals surface area contributed by atoms with Crippen molar-refractivity contribution in [1.29, 1.82) is 0 Å².